The molecule has 156 valence electrons. The number of nitrogens with one attached hydrogen (secondary N) is 1. The number of amides is 3. The van der Waals surface area contributed by atoms with E-state index in [2.05, 4.69) is 5.32 Å². The molecule has 30 heavy (non-hydrogen) atoms. The van der Waals surface area contributed by atoms with Gasteiger partial charge in [-0.25, -0.2) is 0 Å². The third-order valence-electron chi connectivity index (χ3n) is 6.00. The van der Waals surface area contributed by atoms with E-state index in [4.69, 9.17) is 11.6 Å². The van der Waals surface area contributed by atoms with E-state index in [0.717, 1.165) is 23.2 Å². The number of anilines is 1. The number of carbonyl (C=O) groups is 3. The first-order chi connectivity index (χ1) is 14.4. The van der Waals surface area contributed by atoms with Crippen molar-refractivity contribution in [3.05, 3.63) is 64.7 Å². The van der Waals surface area contributed by atoms with Gasteiger partial charge < -0.3 is 15.1 Å². The predicted octanol–water partition coefficient (Wildman–Crippen LogP) is 2.95. The Hall–Kier alpha value is -2.86. The van der Waals surface area contributed by atoms with E-state index in [1.165, 1.54) is 0 Å². The zero-order chi connectivity index (χ0) is 21.4. The molecule has 0 aliphatic carbocycles. The van der Waals surface area contributed by atoms with Gasteiger partial charge in [-0.1, -0.05) is 41.9 Å². The quantitative estimate of drug-likeness (QED) is 0.818. The van der Waals surface area contributed by atoms with E-state index in [1.807, 2.05) is 30.3 Å². The average Bonchev–Trinajstić information content (AvgIpc) is 3.28. The van der Waals surface area contributed by atoms with Gasteiger partial charge in [-0.15, -0.1) is 0 Å². The van der Waals surface area contributed by atoms with Crippen LogP contribution in [0.2, 0.25) is 5.02 Å². The molecule has 3 amide bonds. The lowest BCUT2D eigenvalue weighted by Crippen LogP contribution is -2.48. The molecule has 0 spiro atoms. The van der Waals surface area contributed by atoms with E-state index in [9.17, 15) is 14.4 Å². The van der Waals surface area contributed by atoms with Crippen LogP contribution in [-0.4, -0.2) is 42.3 Å². The highest BCUT2D eigenvalue weighted by molar-refractivity contribution is 6.30. The summed E-state index contributed by atoms with van der Waals surface area (Å²) in [7, 11) is 1.69. The van der Waals surface area contributed by atoms with Gasteiger partial charge in [0.25, 0.3) is 0 Å². The molecule has 3 unspecified atom stereocenters. The van der Waals surface area contributed by atoms with Crippen LogP contribution >= 0.6 is 11.6 Å². The fraction of sp³-hybridized carbons (Fsp3) is 0.348. The van der Waals surface area contributed by atoms with Gasteiger partial charge in [-0.2, -0.15) is 0 Å². The van der Waals surface area contributed by atoms with E-state index in [-0.39, 0.29) is 24.1 Å². The summed E-state index contributed by atoms with van der Waals surface area (Å²) < 4.78 is 0. The van der Waals surface area contributed by atoms with Gasteiger partial charge in [-0.3, -0.25) is 14.4 Å². The van der Waals surface area contributed by atoms with E-state index < -0.39 is 18.0 Å². The normalized spacial score (nSPS) is 21.5. The number of halogens is 1. The first-order valence-electron chi connectivity index (χ1n) is 10.1. The molecule has 0 bridgehead atoms. The highest BCUT2D eigenvalue weighted by Crippen LogP contribution is 2.38. The molecule has 0 aromatic heterocycles. The maximum absolute atomic E-state index is 13.1. The summed E-state index contributed by atoms with van der Waals surface area (Å²) >= 11 is 6.12. The fourth-order valence-electron chi connectivity index (χ4n) is 4.43. The molecule has 1 fully saturated rings. The average molecular weight is 426 g/mol. The molecule has 2 aromatic carbocycles. The monoisotopic (exact) mass is 425 g/mol. The van der Waals surface area contributed by atoms with Crippen LogP contribution in [0.25, 0.3) is 0 Å². The van der Waals surface area contributed by atoms with Crippen LogP contribution in [-0.2, 0) is 20.8 Å². The Balaban J connectivity index is 1.50. The summed E-state index contributed by atoms with van der Waals surface area (Å²) in [5.74, 6) is -1.13. The van der Waals surface area contributed by atoms with Crippen LogP contribution in [0.3, 0.4) is 0 Å². The molecular weight excluding hydrogens is 402 g/mol. The van der Waals surface area contributed by atoms with Crippen LogP contribution in [0.1, 0.15) is 30.5 Å². The molecule has 2 aromatic rings. The highest BCUT2D eigenvalue weighted by atomic mass is 35.5. The molecule has 2 heterocycles. The number of rotatable bonds is 4. The standard InChI is InChI=1S/C23H24ClN3O3/c1-14(23(30)27-11-10-15-6-3-4-9-19(15)27)25-22(29)18-13-20(28)26(2)21(18)16-7-5-8-17(24)12-16/h3-9,12,14,18,21H,10-11,13H2,1-2H3,(H,25,29). The molecular formula is C23H24ClN3O3. The summed E-state index contributed by atoms with van der Waals surface area (Å²) in [6, 6.07) is 13.9. The van der Waals surface area contributed by atoms with Crippen molar-refractivity contribution in [3.63, 3.8) is 0 Å². The zero-order valence-electron chi connectivity index (χ0n) is 17.0. The zero-order valence-corrected chi connectivity index (χ0v) is 17.7. The van der Waals surface area contributed by atoms with E-state index in [1.54, 1.807) is 42.0 Å². The van der Waals surface area contributed by atoms with Crippen molar-refractivity contribution in [2.45, 2.75) is 31.8 Å². The second kappa shape index (κ2) is 8.11. The number of hydrogen-bond donors (Lipinski definition) is 1. The Morgan fingerprint density at radius 3 is 2.70 bits per heavy atom. The summed E-state index contributed by atoms with van der Waals surface area (Å²) in [5.41, 5.74) is 2.84. The van der Waals surface area contributed by atoms with Crippen LogP contribution in [0.15, 0.2) is 48.5 Å². The van der Waals surface area contributed by atoms with Gasteiger partial charge in [0.15, 0.2) is 0 Å². The van der Waals surface area contributed by atoms with Crippen LogP contribution < -0.4 is 10.2 Å². The number of carbonyl (C=O) groups excluding carboxylic acids is 3. The summed E-state index contributed by atoms with van der Waals surface area (Å²) in [4.78, 5) is 41.8. The molecule has 1 saturated heterocycles. The Morgan fingerprint density at radius 2 is 1.93 bits per heavy atom. The van der Waals surface area contributed by atoms with Crippen LogP contribution in [0.5, 0.6) is 0 Å². The van der Waals surface area contributed by atoms with E-state index >= 15 is 0 Å². The second-order valence-electron chi connectivity index (χ2n) is 7.91. The molecule has 2 aliphatic heterocycles. The largest absolute Gasteiger partial charge is 0.344 e. The number of likely N-dealkylation sites (tertiary alicyclic amines) is 1. The summed E-state index contributed by atoms with van der Waals surface area (Å²) in [5, 5.41) is 3.39. The molecule has 4 rings (SSSR count). The van der Waals surface area contributed by atoms with Crippen molar-refractivity contribution in [2.75, 3.05) is 18.5 Å². The topological polar surface area (TPSA) is 69.7 Å². The lowest BCUT2D eigenvalue weighted by Gasteiger charge is -2.27. The molecule has 3 atom stereocenters. The molecule has 7 heteroatoms. The van der Waals surface area contributed by atoms with Gasteiger partial charge in [0, 0.05) is 30.7 Å². The second-order valence-corrected chi connectivity index (χ2v) is 8.35. The minimum Gasteiger partial charge on any atom is -0.344 e. The van der Waals surface area contributed by atoms with Crippen molar-refractivity contribution in [1.82, 2.24) is 10.2 Å². The minimum absolute atomic E-state index is 0.104. The number of para-hydroxylation sites is 1. The van der Waals surface area contributed by atoms with Crippen LogP contribution in [0.4, 0.5) is 5.69 Å². The first kappa shape index (κ1) is 20.4. The fourth-order valence-corrected chi connectivity index (χ4v) is 4.63. The lowest BCUT2D eigenvalue weighted by molar-refractivity contribution is -0.130. The van der Waals surface area contributed by atoms with Crippen molar-refractivity contribution < 1.29 is 14.4 Å². The van der Waals surface area contributed by atoms with Crippen molar-refractivity contribution in [3.8, 4) is 0 Å². The van der Waals surface area contributed by atoms with Gasteiger partial charge in [-0.05, 0) is 42.7 Å². The maximum atomic E-state index is 13.1. The Morgan fingerprint density at radius 1 is 1.17 bits per heavy atom. The predicted molar refractivity (Wildman–Crippen MR) is 115 cm³/mol. The summed E-state index contributed by atoms with van der Waals surface area (Å²) in [6.45, 7) is 2.30. The first-order valence-corrected chi connectivity index (χ1v) is 10.5. The Kier molecular flexibility index (Phi) is 5.52. The molecule has 0 saturated carbocycles. The maximum Gasteiger partial charge on any atom is 0.249 e. The lowest BCUT2D eigenvalue weighted by atomic mass is 9.92. The van der Waals surface area contributed by atoms with Crippen molar-refractivity contribution in [2.24, 2.45) is 5.92 Å². The molecule has 6 nitrogen and oxygen atoms in total. The highest BCUT2D eigenvalue weighted by Gasteiger charge is 2.43. The van der Waals surface area contributed by atoms with Gasteiger partial charge >= 0.3 is 0 Å². The van der Waals surface area contributed by atoms with Crippen LogP contribution in [0, 0.1) is 5.92 Å². The number of fused-ring (bicyclic) bond motifs is 1. The Labute approximate surface area is 180 Å². The van der Waals surface area contributed by atoms with Crippen molar-refractivity contribution in [1.29, 1.82) is 0 Å². The number of hydrogen-bond acceptors (Lipinski definition) is 3. The van der Waals surface area contributed by atoms with Gasteiger partial charge in [0.05, 0.1) is 12.0 Å². The molecule has 0 radical (unpaired) electrons. The molecule has 2 aliphatic rings. The van der Waals surface area contributed by atoms with E-state index in [0.29, 0.717) is 11.6 Å². The van der Waals surface area contributed by atoms with Gasteiger partial charge in [0.2, 0.25) is 17.7 Å². The SMILES string of the molecule is CC(NC(=O)C1CC(=O)N(C)C1c1cccc(Cl)c1)C(=O)N1CCc2ccccc21. The molecule has 1 N–H and O–H groups in total. The number of nitrogens with zero attached hydrogens (tertiary/aromatic N) is 2. The number of benzene rings is 2. The third-order valence-corrected chi connectivity index (χ3v) is 6.23. The van der Waals surface area contributed by atoms with Gasteiger partial charge in [0.1, 0.15) is 6.04 Å². The smallest absolute Gasteiger partial charge is 0.249 e. The van der Waals surface area contributed by atoms with Crippen molar-refractivity contribution >= 4 is 35.0 Å². The summed E-state index contributed by atoms with van der Waals surface area (Å²) in [6.07, 6.45) is 0.911. The Bertz CT molecular complexity index is 1010. The third kappa shape index (κ3) is 3.67. The minimum atomic E-state index is -0.690.